The van der Waals surface area contributed by atoms with E-state index < -0.39 is 0 Å². The number of hydrogen-bond donors (Lipinski definition) is 1. The Morgan fingerprint density at radius 3 is 2.29 bits per heavy atom. The maximum absolute atomic E-state index is 12.3. The van der Waals surface area contributed by atoms with E-state index >= 15 is 0 Å². The maximum Gasteiger partial charge on any atom is 0.225 e. The van der Waals surface area contributed by atoms with Gasteiger partial charge in [0, 0.05) is 26.1 Å². The minimum Gasteiger partial charge on any atom is -0.355 e. The maximum atomic E-state index is 12.3. The molecule has 2 amide bonds. The van der Waals surface area contributed by atoms with Crippen LogP contribution in [-0.2, 0) is 22.6 Å². The molecule has 0 unspecified atom stereocenters. The lowest BCUT2D eigenvalue weighted by Gasteiger charge is -2.16. The van der Waals surface area contributed by atoms with Crippen LogP contribution in [-0.4, -0.2) is 29.8 Å². The summed E-state index contributed by atoms with van der Waals surface area (Å²) in [5.41, 5.74) is 2.29. The second-order valence-corrected chi connectivity index (χ2v) is 6.19. The second kappa shape index (κ2) is 7.77. The smallest absolute Gasteiger partial charge is 0.225 e. The van der Waals surface area contributed by atoms with Crippen molar-refractivity contribution in [3.8, 4) is 0 Å². The van der Waals surface area contributed by atoms with Gasteiger partial charge in [0.05, 0.1) is 5.92 Å². The van der Waals surface area contributed by atoms with E-state index in [-0.39, 0.29) is 17.7 Å². The summed E-state index contributed by atoms with van der Waals surface area (Å²) in [6.07, 6.45) is 1.12. The lowest BCUT2D eigenvalue weighted by Crippen LogP contribution is -2.34. The number of rotatable bonds is 6. The number of nitrogens with one attached hydrogen (secondary N) is 1. The first-order chi connectivity index (χ1) is 11.7. The zero-order valence-corrected chi connectivity index (χ0v) is 13.7. The highest BCUT2D eigenvalue weighted by Crippen LogP contribution is 2.20. The average molecular weight is 322 g/mol. The van der Waals surface area contributed by atoms with Gasteiger partial charge in [0.2, 0.25) is 11.8 Å². The van der Waals surface area contributed by atoms with E-state index in [1.54, 1.807) is 4.90 Å². The third kappa shape index (κ3) is 4.22. The predicted octanol–water partition coefficient (Wildman–Crippen LogP) is 2.39. The Morgan fingerprint density at radius 1 is 1.00 bits per heavy atom. The lowest BCUT2D eigenvalue weighted by molar-refractivity contribution is -0.129. The van der Waals surface area contributed by atoms with Gasteiger partial charge >= 0.3 is 0 Å². The van der Waals surface area contributed by atoms with Gasteiger partial charge in [-0.25, -0.2) is 0 Å². The van der Waals surface area contributed by atoms with Crippen molar-refractivity contribution in [3.63, 3.8) is 0 Å². The van der Waals surface area contributed by atoms with Crippen LogP contribution in [0.2, 0.25) is 0 Å². The molecule has 0 saturated carbocycles. The van der Waals surface area contributed by atoms with Crippen LogP contribution in [0.5, 0.6) is 0 Å². The van der Waals surface area contributed by atoms with Crippen molar-refractivity contribution in [1.82, 2.24) is 10.2 Å². The monoisotopic (exact) mass is 322 g/mol. The molecule has 0 aliphatic carbocycles. The summed E-state index contributed by atoms with van der Waals surface area (Å²) >= 11 is 0. The normalized spacial score (nSPS) is 17.1. The van der Waals surface area contributed by atoms with Gasteiger partial charge in [0.1, 0.15) is 0 Å². The van der Waals surface area contributed by atoms with E-state index in [0.29, 0.717) is 26.1 Å². The molecule has 3 rings (SSSR count). The lowest BCUT2D eigenvalue weighted by atomic mass is 10.1. The number of benzene rings is 2. The van der Waals surface area contributed by atoms with E-state index in [4.69, 9.17) is 0 Å². The van der Waals surface area contributed by atoms with E-state index in [1.165, 1.54) is 5.56 Å². The molecular formula is C20H22N2O2. The average Bonchev–Trinajstić information content (AvgIpc) is 2.97. The SMILES string of the molecule is O=C(NCCc1ccccc1)[C@H]1CC(=O)N(Cc2ccccc2)C1. The first-order valence-electron chi connectivity index (χ1n) is 8.36. The molecule has 0 radical (unpaired) electrons. The molecule has 4 nitrogen and oxygen atoms in total. The Morgan fingerprint density at radius 2 is 1.62 bits per heavy atom. The number of carbonyl (C=O) groups is 2. The Kier molecular flexibility index (Phi) is 5.26. The van der Waals surface area contributed by atoms with Crippen LogP contribution in [0.15, 0.2) is 60.7 Å². The first kappa shape index (κ1) is 16.2. The van der Waals surface area contributed by atoms with Crippen molar-refractivity contribution in [3.05, 3.63) is 71.8 Å². The highest BCUT2D eigenvalue weighted by molar-refractivity contribution is 5.89. The zero-order valence-electron chi connectivity index (χ0n) is 13.7. The number of carbonyl (C=O) groups excluding carboxylic acids is 2. The largest absolute Gasteiger partial charge is 0.355 e. The van der Waals surface area contributed by atoms with Crippen molar-refractivity contribution in [2.75, 3.05) is 13.1 Å². The summed E-state index contributed by atoms with van der Waals surface area (Å²) in [7, 11) is 0. The van der Waals surface area contributed by atoms with Gasteiger partial charge in [-0.3, -0.25) is 9.59 Å². The minimum atomic E-state index is -0.239. The summed E-state index contributed by atoms with van der Waals surface area (Å²) in [6, 6.07) is 19.9. The Bertz CT molecular complexity index is 685. The van der Waals surface area contributed by atoms with Gasteiger partial charge in [-0.2, -0.15) is 0 Å². The molecule has 24 heavy (non-hydrogen) atoms. The molecule has 1 N–H and O–H groups in total. The molecule has 1 aliphatic heterocycles. The molecule has 124 valence electrons. The molecule has 1 saturated heterocycles. The Balaban J connectivity index is 1.47. The van der Waals surface area contributed by atoms with Crippen molar-refractivity contribution >= 4 is 11.8 Å². The summed E-state index contributed by atoms with van der Waals surface area (Å²) in [6.45, 7) is 1.69. The van der Waals surface area contributed by atoms with Gasteiger partial charge in [-0.1, -0.05) is 60.7 Å². The molecule has 2 aromatic rings. The van der Waals surface area contributed by atoms with Crippen molar-refractivity contribution in [1.29, 1.82) is 0 Å². The highest BCUT2D eigenvalue weighted by atomic mass is 16.2. The van der Waals surface area contributed by atoms with Gasteiger partial charge in [0.25, 0.3) is 0 Å². The fourth-order valence-electron chi connectivity index (χ4n) is 3.02. The Hall–Kier alpha value is -2.62. The molecule has 0 bridgehead atoms. The third-order valence-electron chi connectivity index (χ3n) is 4.36. The van der Waals surface area contributed by atoms with Gasteiger partial charge in [-0.15, -0.1) is 0 Å². The number of hydrogen-bond acceptors (Lipinski definition) is 2. The standard InChI is InChI=1S/C20H22N2O2/c23-19-13-18(15-22(19)14-17-9-5-2-6-10-17)20(24)21-12-11-16-7-3-1-4-8-16/h1-10,18H,11-15H2,(H,21,24)/t18-/m0/s1. The third-order valence-corrected chi connectivity index (χ3v) is 4.36. The molecular weight excluding hydrogens is 300 g/mol. The summed E-state index contributed by atoms with van der Waals surface area (Å²) in [5, 5.41) is 2.96. The fraction of sp³-hybridized carbons (Fsp3) is 0.300. The molecule has 0 spiro atoms. The predicted molar refractivity (Wildman–Crippen MR) is 93.1 cm³/mol. The Labute approximate surface area is 142 Å². The topological polar surface area (TPSA) is 49.4 Å². The van der Waals surface area contributed by atoms with Crippen LogP contribution in [0, 0.1) is 5.92 Å². The molecule has 1 fully saturated rings. The molecule has 1 aliphatic rings. The van der Waals surface area contributed by atoms with Crippen LogP contribution in [0.1, 0.15) is 17.5 Å². The summed E-state index contributed by atoms with van der Waals surface area (Å²) in [5.74, 6) is -0.200. The van der Waals surface area contributed by atoms with E-state index in [2.05, 4.69) is 5.32 Å². The summed E-state index contributed by atoms with van der Waals surface area (Å²) < 4.78 is 0. The van der Waals surface area contributed by atoms with Gasteiger partial charge in [0.15, 0.2) is 0 Å². The van der Waals surface area contributed by atoms with Crippen molar-refractivity contribution < 1.29 is 9.59 Å². The number of nitrogens with zero attached hydrogens (tertiary/aromatic N) is 1. The second-order valence-electron chi connectivity index (χ2n) is 6.19. The molecule has 1 heterocycles. The van der Waals surface area contributed by atoms with Gasteiger partial charge < -0.3 is 10.2 Å². The van der Waals surface area contributed by atoms with E-state index in [0.717, 1.165) is 12.0 Å². The van der Waals surface area contributed by atoms with Gasteiger partial charge in [-0.05, 0) is 17.5 Å². The highest BCUT2D eigenvalue weighted by Gasteiger charge is 2.33. The van der Waals surface area contributed by atoms with Crippen LogP contribution in [0.25, 0.3) is 0 Å². The van der Waals surface area contributed by atoms with Crippen molar-refractivity contribution in [2.24, 2.45) is 5.92 Å². The van der Waals surface area contributed by atoms with Crippen LogP contribution < -0.4 is 5.32 Å². The number of amides is 2. The summed E-state index contributed by atoms with van der Waals surface area (Å²) in [4.78, 5) is 26.2. The number of likely N-dealkylation sites (tertiary alicyclic amines) is 1. The van der Waals surface area contributed by atoms with Crippen LogP contribution >= 0.6 is 0 Å². The van der Waals surface area contributed by atoms with Crippen LogP contribution in [0.4, 0.5) is 0 Å². The fourth-order valence-corrected chi connectivity index (χ4v) is 3.02. The first-order valence-corrected chi connectivity index (χ1v) is 8.36. The molecule has 2 aromatic carbocycles. The zero-order chi connectivity index (χ0) is 16.8. The van der Waals surface area contributed by atoms with E-state index in [9.17, 15) is 9.59 Å². The van der Waals surface area contributed by atoms with Crippen LogP contribution in [0.3, 0.4) is 0 Å². The molecule has 4 heteroatoms. The van der Waals surface area contributed by atoms with Crippen molar-refractivity contribution in [2.45, 2.75) is 19.4 Å². The quantitative estimate of drug-likeness (QED) is 0.888. The minimum absolute atomic E-state index is 0.0187. The molecule has 1 atom stereocenters. The molecule has 0 aromatic heterocycles. The van der Waals surface area contributed by atoms with E-state index in [1.807, 2.05) is 60.7 Å².